The zero-order chi connectivity index (χ0) is 15.9. The SMILES string of the molecule is Cc1ccc(S(=O)(=O)O)c(P(C(C)(C)C)C(C)(C)C)c1. The number of aryl methyl sites for hydroxylation is 1. The van der Waals surface area contributed by atoms with E-state index in [9.17, 15) is 13.0 Å². The summed E-state index contributed by atoms with van der Waals surface area (Å²) < 4.78 is 32.9. The van der Waals surface area contributed by atoms with E-state index in [1.807, 2.05) is 13.0 Å². The molecule has 0 radical (unpaired) electrons. The summed E-state index contributed by atoms with van der Waals surface area (Å²) in [7, 11) is -4.98. The van der Waals surface area contributed by atoms with E-state index in [1.54, 1.807) is 6.07 Å². The normalized spacial score (nSPS) is 13.8. The highest BCUT2D eigenvalue weighted by molar-refractivity contribution is 7.87. The monoisotopic (exact) mass is 316 g/mol. The van der Waals surface area contributed by atoms with Crippen LogP contribution < -0.4 is 5.30 Å². The minimum absolute atomic E-state index is 0.0547. The lowest BCUT2D eigenvalue weighted by molar-refractivity contribution is 0.484. The van der Waals surface area contributed by atoms with Crippen molar-refractivity contribution in [3.8, 4) is 0 Å². The molecule has 0 saturated heterocycles. The van der Waals surface area contributed by atoms with Crippen LogP contribution in [-0.2, 0) is 10.1 Å². The minimum atomic E-state index is -4.20. The first-order chi connectivity index (χ1) is 8.74. The molecule has 0 atom stereocenters. The largest absolute Gasteiger partial charge is 0.295 e. The van der Waals surface area contributed by atoms with Crippen LogP contribution in [0.2, 0.25) is 0 Å². The van der Waals surface area contributed by atoms with Crippen LogP contribution in [0.15, 0.2) is 23.1 Å². The highest BCUT2D eigenvalue weighted by atomic mass is 32.2. The molecule has 0 amide bonds. The van der Waals surface area contributed by atoms with Crippen molar-refractivity contribution >= 4 is 23.3 Å². The molecular weight excluding hydrogens is 291 g/mol. The summed E-state index contributed by atoms with van der Waals surface area (Å²) in [5.74, 6) is 0. The molecule has 0 aliphatic heterocycles. The molecule has 0 fully saturated rings. The van der Waals surface area contributed by atoms with E-state index < -0.39 is 18.0 Å². The molecular formula is C15H25O3PS. The van der Waals surface area contributed by atoms with Gasteiger partial charge in [0.05, 0.1) is 0 Å². The second-order valence-electron chi connectivity index (χ2n) is 7.12. The number of hydrogen-bond donors (Lipinski definition) is 1. The molecule has 0 spiro atoms. The highest BCUT2D eigenvalue weighted by Gasteiger charge is 2.38. The predicted octanol–water partition coefficient (Wildman–Crippen LogP) is 3.95. The van der Waals surface area contributed by atoms with E-state index in [-0.39, 0.29) is 15.2 Å². The smallest absolute Gasteiger partial charge is 0.282 e. The lowest BCUT2D eigenvalue weighted by Gasteiger charge is -2.42. The van der Waals surface area contributed by atoms with E-state index in [2.05, 4.69) is 41.5 Å². The summed E-state index contributed by atoms with van der Waals surface area (Å²) in [4.78, 5) is 0.0547. The third-order valence-corrected chi connectivity index (χ3v) is 7.57. The lowest BCUT2D eigenvalue weighted by atomic mass is 10.2. The predicted molar refractivity (Wildman–Crippen MR) is 87.1 cm³/mol. The first-order valence-electron chi connectivity index (χ1n) is 6.63. The Kier molecular flexibility index (Phi) is 4.75. The van der Waals surface area contributed by atoms with Crippen LogP contribution in [-0.4, -0.2) is 23.3 Å². The van der Waals surface area contributed by atoms with Gasteiger partial charge in [0.15, 0.2) is 0 Å². The van der Waals surface area contributed by atoms with Gasteiger partial charge in [-0.05, 0) is 28.6 Å². The molecule has 0 bridgehead atoms. The molecule has 0 heterocycles. The van der Waals surface area contributed by atoms with Crippen molar-refractivity contribution in [2.45, 2.75) is 63.7 Å². The Bertz CT molecular complexity index is 579. The van der Waals surface area contributed by atoms with Crippen LogP contribution in [0.5, 0.6) is 0 Å². The summed E-state index contributed by atoms with van der Waals surface area (Å²) in [6, 6.07) is 5.16. The zero-order valence-electron chi connectivity index (χ0n) is 13.4. The molecule has 114 valence electrons. The Morgan fingerprint density at radius 2 is 1.45 bits per heavy atom. The van der Waals surface area contributed by atoms with E-state index in [1.165, 1.54) is 6.07 Å². The maximum atomic E-state index is 11.7. The van der Waals surface area contributed by atoms with Crippen LogP contribution in [0.3, 0.4) is 0 Å². The summed E-state index contributed by atoms with van der Waals surface area (Å²) in [5, 5.41) is 0.657. The van der Waals surface area contributed by atoms with Crippen LogP contribution in [0.4, 0.5) is 0 Å². The first-order valence-corrected chi connectivity index (χ1v) is 9.41. The number of benzene rings is 1. The molecule has 3 nitrogen and oxygen atoms in total. The van der Waals surface area contributed by atoms with Gasteiger partial charge < -0.3 is 0 Å². The third-order valence-electron chi connectivity index (χ3n) is 2.97. The van der Waals surface area contributed by atoms with Crippen molar-refractivity contribution in [2.75, 3.05) is 0 Å². The second-order valence-corrected chi connectivity index (χ2v) is 12.3. The van der Waals surface area contributed by atoms with Gasteiger partial charge >= 0.3 is 0 Å². The summed E-state index contributed by atoms with van der Waals surface area (Å²) in [5.41, 5.74) is 1.01. The van der Waals surface area contributed by atoms with Gasteiger partial charge in [-0.15, -0.1) is 0 Å². The van der Waals surface area contributed by atoms with E-state index in [4.69, 9.17) is 0 Å². The van der Waals surface area contributed by atoms with Gasteiger partial charge in [-0.25, -0.2) is 0 Å². The first kappa shape index (κ1) is 17.6. The van der Waals surface area contributed by atoms with Gasteiger partial charge in [-0.2, -0.15) is 8.42 Å². The fourth-order valence-electron chi connectivity index (χ4n) is 2.75. The van der Waals surface area contributed by atoms with Gasteiger partial charge in [-0.1, -0.05) is 67.2 Å². The lowest BCUT2D eigenvalue weighted by Crippen LogP contribution is -2.33. The van der Waals surface area contributed by atoms with Crippen LogP contribution in [0, 0.1) is 6.92 Å². The van der Waals surface area contributed by atoms with Gasteiger partial charge in [0, 0.05) is 0 Å². The van der Waals surface area contributed by atoms with Crippen molar-refractivity contribution in [1.29, 1.82) is 0 Å². The maximum Gasteiger partial charge on any atom is 0.295 e. The van der Waals surface area contributed by atoms with Crippen LogP contribution in [0.1, 0.15) is 47.1 Å². The van der Waals surface area contributed by atoms with Gasteiger partial charge in [0.1, 0.15) is 4.90 Å². The molecule has 0 aromatic heterocycles. The van der Waals surface area contributed by atoms with Crippen molar-refractivity contribution in [3.05, 3.63) is 23.8 Å². The molecule has 5 heteroatoms. The Labute approximate surface area is 124 Å². The maximum absolute atomic E-state index is 11.7. The average molecular weight is 316 g/mol. The van der Waals surface area contributed by atoms with Crippen LogP contribution >= 0.6 is 7.92 Å². The fourth-order valence-corrected chi connectivity index (χ4v) is 8.02. The van der Waals surface area contributed by atoms with Crippen molar-refractivity contribution in [1.82, 2.24) is 0 Å². The van der Waals surface area contributed by atoms with E-state index in [0.717, 1.165) is 10.9 Å². The van der Waals surface area contributed by atoms with Crippen molar-refractivity contribution < 1.29 is 13.0 Å². The Balaban J connectivity index is 3.69. The highest BCUT2D eigenvalue weighted by Crippen LogP contribution is 2.59. The second kappa shape index (κ2) is 5.40. The third kappa shape index (κ3) is 4.03. The van der Waals surface area contributed by atoms with Gasteiger partial charge in [0.25, 0.3) is 10.1 Å². The number of rotatable bonds is 2. The number of hydrogen-bond acceptors (Lipinski definition) is 2. The van der Waals surface area contributed by atoms with Crippen LogP contribution in [0.25, 0.3) is 0 Å². The standard InChI is InChI=1S/C15H25O3PS/c1-11-8-9-13(20(16,17)18)12(10-11)19(14(2,3)4)15(5,6)7/h8-10H,1-7H3,(H,16,17,18). The molecule has 0 aliphatic rings. The van der Waals surface area contributed by atoms with E-state index >= 15 is 0 Å². The van der Waals surface area contributed by atoms with Gasteiger partial charge in [-0.3, -0.25) is 4.55 Å². The molecule has 20 heavy (non-hydrogen) atoms. The zero-order valence-corrected chi connectivity index (χ0v) is 15.1. The van der Waals surface area contributed by atoms with Gasteiger partial charge in [0.2, 0.25) is 0 Å². The van der Waals surface area contributed by atoms with E-state index in [0.29, 0.717) is 0 Å². The minimum Gasteiger partial charge on any atom is -0.282 e. The average Bonchev–Trinajstić information content (AvgIpc) is 2.09. The Morgan fingerprint density at radius 3 is 1.80 bits per heavy atom. The van der Waals surface area contributed by atoms with Crippen molar-refractivity contribution in [2.24, 2.45) is 0 Å². The molecule has 1 aromatic carbocycles. The summed E-state index contributed by atoms with van der Waals surface area (Å²) in [6.07, 6.45) is 0. The Morgan fingerprint density at radius 1 is 1.00 bits per heavy atom. The molecule has 1 aromatic rings. The Hall–Kier alpha value is -0.440. The summed E-state index contributed by atoms with van der Waals surface area (Å²) in [6.45, 7) is 14.7. The molecule has 0 aliphatic carbocycles. The van der Waals surface area contributed by atoms with Crippen molar-refractivity contribution in [3.63, 3.8) is 0 Å². The molecule has 0 unspecified atom stereocenters. The topological polar surface area (TPSA) is 54.4 Å². The summed E-state index contributed by atoms with van der Waals surface area (Å²) >= 11 is 0. The quantitative estimate of drug-likeness (QED) is 0.664. The fraction of sp³-hybridized carbons (Fsp3) is 0.600. The molecule has 1 rings (SSSR count). The molecule has 1 N–H and O–H groups in total. The molecule has 0 saturated carbocycles.